The second-order valence-electron chi connectivity index (χ2n) is 5.63. The summed E-state index contributed by atoms with van der Waals surface area (Å²) in [6, 6.07) is 2.15. The Balaban J connectivity index is 1.78. The van der Waals surface area contributed by atoms with Crippen LogP contribution in [0.15, 0.2) is 0 Å². The molecule has 2 heterocycles. The molecule has 2 unspecified atom stereocenters. The normalized spacial score (nSPS) is 34.6. The molecular formula is C14H24N2O2. The fourth-order valence-electron chi connectivity index (χ4n) is 3.03. The Bertz CT molecular complexity index is 307. The zero-order chi connectivity index (χ0) is 13.0. The highest BCUT2D eigenvalue weighted by atomic mass is 16.7. The maximum absolute atomic E-state index is 8.68. The molecule has 0 aliphatic carbocycles. The van der Waals surface area contributed by atoms with E-state index in [1.54, 1.807) is 0 Å². The second kappa shape index (κ2) is 6.01. The molecule has 4 heteroatoms. The predicted molar refractivity (Wildman–Crippen MR) is 68.9 cm³/mol. The summed E-state index contributed by atoms with van der Waals surface area (Å²) in [7, 11) is 0. The van der Waals surface area contributed by atoms with Gasteiger partial charge in [-0.25, -0.2) is 0 Å². The van der Waals surface area contributed by atoms with Gasteiger partial charge in [-0.2, -0.15) is 5.26 Å². The molecule has 0 aromatic heterocycles. The van der Waals surface area contributed by atoms with Crippen molar-refractivity contribution in [1.82, 2.24) is 4.90 Å². The van der Waals surface area contributed by atoms with E-state index in [1.807, 2.05) is 6.92 Å². The molecular weight excluding hydrogens is 228 g/mol. The number of rotatable bonds is 4. The first-order valence-corrected chi connectivity index (χ1v) is 7.06. The second-order valence-corrected chi connectivity index (χ2v) is 5.63. The van der Waals surface area contributed by atoms with Gasteiger partial charge < -0.3 is 14.4 Å². The number of nitriles is 1. The molecule has 0 radical (unpaired) electrons. The first-order chi connectivity index (χ1) is 8.65. The van der Waals surface area contributed by atoms with Crippen molar-refractivity contribution in [3.63, 3.8) is 0 Å². The molecule has 2 aliphatic rings. The third-order valence-corrected chi connectivity index (χ3v) is 4.12. The summed E-state index contributed by atoms with van der Waals surface area (Å²) < 4.78 is 11.7. The van der Waals surface area contributed by atoms with E-state index in [2.05, 4.69) is 17.9 Å². The van der Waals surface area contributed by atoms with E-state index in [1.165, 1.54) is 25.9 Å². The summed E-state index contributed by atoms with van der Waals surface area (Å²) in [6.07, 6.45) is 3.84. The molecule has 0 aromatic carbocycles. The van der Waals surface area contributed by atoms with Crippen LogP contribution >= 0.6 is 0 Å². The molecule has 4 nitrogen and oxygen atoms in total. The van der Waals surface area contributed by atoms with Gasteiger partial charge in [-0.3, -0.25) is 0 Å². The van der Waals surface area contributed by atoms with E-state index >= 15 is 0 Å². The molecule has 0 aromatic rings. The van der Waals surface area contributed by atoms with Gasteiger partial charge in [-0.1, -0.05) is 6.92 Å². The van der Waals surface area contributed by atoms with Crippen LogP contribution in [0.2, 0.25) is 0 Å². The molecule has 2 aliphatic heterocycles. The molecule has 0 saturated carbocycles. The summed E-state index contributed by atoms with van der Waals surface area (Å²) in [5.74, 6) is 0.235. The quantitative estimate of drug-likeness (QED) is 0.769. The Morgan fingerprint density at radius 2 is 2.11 bits per heavy atom. The molecule has 0 amide bonds. The molecule has 0 spiro atoms. The van der Waals surface area contributed by atoms with Gasteiger partial charge in [0.1, 0.15) is 0 Å². The van der Waals surface area contributed by atoms with Gasteiger partial charge in [0.25, 0.3) is 0 Å². The van der Waals surface area contributed by atoms with E-state index < -0.39 is 5.79 Å². The van der Waals surface area contributed by atoms with Crippen LogP contribution < -0.4 is 0 Å². The van der Waals surface area contributed by atoms with Gasteiger partial charge in [0.05, 0.1) is 25.2 Å². The van der Waals surface area contributed by atoms with Crippen LogP contribution in [-0.2, 0) is 9.47 Å². The minimum Gasteiger partial charge on any atom is -0.347 e. The standard InChI is InChI=1S/C14H24N2O2/c1-3-16-8-5-12(6-9-16)10-14(2)17-11-13(18-14)4-7-15/h12-13H,3-6,8-11H2,1-2H3. The van der Waals surface area contributed by atoms with Crippen molar-refractivity contribution in [3.05, 3.63) is 0 Å². The summed E-state index contributed by atoms with van der Waals surface area (Å²) in [5, 5.41) is 8.68. The van der Waals surface area contributed by atoms with Crippen molar-refractivity contribution in [2.75, 3.05) is 26.2 Å². The lowest BCUT2D eigenvalue weighted by atomic mass is 9.90. The lowest BCUT2D eigenvalue weighted by Gasteiger charge is -2.34. The van der Waals surface area contributed by atoms with E-state index in [9.17, 15) is 0 Å². The monoisotopic (exact) mass is 252 g/mol. The van der Waals surface area contributed by atoms with Crippen molar-refractivity contribution < 1.29 is 9.47 Å². The van der Waals surface area contributed by atoms with Crippen LogP contribution in [0.5, 0.6) is 0 Å². The Morgan fingerprint density at radius 3 is 2.72 bits per heavy atom. The van der Waals surface area contributed by atoms with Crippen LogP contribution in [0.3, 0.4) is 0 Å². The third kappa shape index (κ3) is 3.44. The largest absolute Gasteiger partial charge is 0.347 e. The first kappa shape index (κ1) is 13.8. The molecule has 2 atom stereocenters. The van der Waals surface area contributed by atoms with Crippen LogP contribution in [0.25, 0.3) is 0 Å². The minimum absolute atomic E-state index is 0.0317. The molecule has 0 bridgehead atoms. The van der Waals surface area contributed by atoms with E-state index in [0.717, 1.165) is 13.0 Å². The van der Waals surface area contributed by atoms with E-state index in [-0.39, 0.29) is 6.10 Å². The predicted octanol–water partition coefficient (Wildman–Crippen LogP) is 2.15. The van der Waals surface area contributed by atoms with Crippen LogP contribution in [0.4, 0.5) is 0 Å². The molecule has 102 valence electrons. The Labute approximate surface area is 110 Å². The highest BCUT2D eigenvalue weighted by molar-refractivity contribution is 4.85. The lowest BCUT2D eigenvalue weighted by Crippen LogP contribution is -2.37. The van der Waals surface area contributed by atoms with Crippen molar-refractivity contribution in [3.8, 4) is 6.07 Å². The van der Waals surface area contributed by atoms with Gasteiger partial charge in [-0.15, -0.1) is 0 Å². The van der Waals surface area contributed by atoms with Crippen molar-refractivity contribution in [2.45, 2.75) is 51.4 Å². The van der Waals surface area contributed by atoms with Gasteiger partial charge in [-0.05, 0) is 45.3 Å². The SMILES string of the molecule is CCN1CCC(CC2(C)OCC(CC#N)O2)CC1. The summed E-state index contributed by atoms with van der Waals surface area (Å²) in [5.41, 5.74) is 0. The summed E-state index contributed by atoms with van der Waals surface area (Å²) in [4.78, 5) is 2.49. The molecule has 2 fully saturated rings. The molecule has 0 N–H and O–H groups in total. The fourth-order valence-corrected chi connectivity index (χ4v) is 3.03. The Kier molecular flexibility index (Phi) is 4.60. The van der Waals surface area contributed by atoms with Gasteiger partial charge in [0.15, 0.2) is 5.79 Å². The highest BCUT2D eigenvalue weighted by Gasteiger charge is 2.39. The maximum Gasteiger partial charge on any atom is 0.166 e. The minimum atomic E-state index is -0.458. The Morgan fingerprint density at radius 1 is 1.39 bits per heavy atom. The van der Waals surface area contributed by atoms with Gasteiger partial charge in [0, 0.05) is 6.42 Å². The zero-order valence-electron chi connectivity index (χ0n) is 11.5. The van der Waals surface area contributed by atoms with Crippen molar-refractivity contribution >= 4 is 0 Å². The average molecular weight is 252 g/mol. The molecule has 18 heavy (non-hydrogen) atoms. The molecule has 2 saturated heterocycles. The third-order valence-electron chi connectivity index (χ3n) is 4.12. The highest BCUT2D eigenvalue weighted by Crippen LogP contribution is 2.34. The van der Waals surface area contributed by atoms with Crippen molar-refractivity contribution in [1.29, 1.82) is 5.26 Å². The Hall–Kier alpha value is -0.630. The number of likely N-dealkylation sites (tertiary alicyclic amines) is 1. The zero-order valence-corrected chi connectivity index (χ0v) is 11.5. The molecule has 2 rings (SSSR count). The lowest BCUT2D eigenvalue weighted by molar-refractivity contribution is -0.167. The van der Waals surface area contributed by atoms with Gasteiger partial charge >= 0.3 is 0 Å². The number of nitrogens with zero attached hydrogens (tertiary/aromatic N) is 2. The number of hydrogen-bond donors (Lipinski definition) is 0. The maximum atomic E-state index is 8.68. The first-order valence-electron chi connectivity index (χ1n) is 7.06. The average Bonchev–Trinajstić information content (AvgIpc) is 2.72. The fraction of sp³-hybridized carbons (Fsp3) is 0.929. The summed E-state index contributed by atoms with van der Waals surface area (Å²) in [6.45, 7) is 8.35. The van der Waals surface area contributed by atoms with E-state index in [4.69, 9.17) is 14.7 Å². The summed E-state index contributed by atoms with van der Waals surface area (Å²) >= 11 is 0. The van der Waals surface area contributed by atoms with Crippen molar-refractivity contribution in [2.24, 2.45) is 5.92 Å². The van der Waals surface area contributed by atoms with Crippen LogP contribution in [0.1, 0.15) is 39.5 Å². The topological polar surface area (TPSA) is 45.5 Å². The smallest absolute Gasteiger partial charge is 0.166 e. The van der Waals surface area contributed by atoms with Gasteiger partial charge in [0.2, 0.25) is 0 Å². The number of ether oxygens (including phenoxy) is 2. The van der Waals surface area contributed by atoms with E-state index in [0.29, 0.717) is 18.9 Å². The van der Waals surface area contributed by atoms with Crippen LogP contribution in [0, 0.1) is 17.2 Å². The number of hydrogen-bond acceptors (Lipinski definition) is 4. The number of piperidine rings is 1. The van der Waals surface area contributed by atoms with Crippen LogP contribution in [-0.4, -0.2) is 43.0 Å².